The number of aryl methyl sites for hydroxylation is 4. The summed E-state index contributed by atoms with van der Waals surface area (Å²) in [6, 6.07) is 13.5. The summed E-state index contributed by atoms with van der Waals surface area (Å²) in [6.45, 7) is 4.83. The van der Waals surface area contributed by atoms with Gasteiger partial charge in [-0.3, -0.25) is 0 Å². The molecule has 0 atom stereocenters. The molecule has 2 aromatic carbocycles. The Morgan fingerprint density at radius 3 is 1.44 bits per heavy atom. The molecular weight excluding hydrogens is 766 g/mol. The van der Waals surface area contributed by atoms with E-state index < -0.39 is 0 Å². The van der Waals surface area contributed by atoms with E-state index in [4.69, 9.17) is 0 Å². The number of aromatic nitrogens is 4. The second kappa shape index (κ2) is 21.0. The first-order valence-corrected chi connectivity index (χ1v) is 20.1. The Balaban J connectivity index is 0.000000200. The lowest BCUT2D eigenvalue weighted by atomic mass is 9.97. The number of hydrogen-bond acceptors (Lipinski definition) is 10. The molecule has 0 unspecified atom stereocenters. The number of halogens is 4. The predicted octanol–water partition coefficient (Wildman–Crippen LogP) is 9.45. The average Bonchev–Trinajstić information content (AvgIpc) is 3.74. The molecule has 8 nitrogen and oxygen atoms in total. The highest BCUT2D eigenvalue weighted by molar-refractivity contribution is 7.19. The van der Waals surface area contributed by atoms with Crippen molar-refractivity contribution in [3.8, 4) is 0 Å². The molecule has 2 aliphatic carbocycles. The van der Waals surface area contributed by atoms with Crippen LogP contribution in [0.3, 0.4) is 0 Å². The van der Waals surface area contributed by atoms with Gasteiger partial charge in [-0.1, -0.05) is 24.3 Å². The number of rotatable bonds is 14. The highest BCUT2D eigenvalue weighted by atomic mass is 35.5. The van der Waals surface area contributed by atoms with Crippen molar-refractivity contribution in [1.29, 1.82) is 0 Å². The van der Waals surface area contributed by atoms with Gasteiger partial charge >= 0.3 is 0 Å². The fourth-order valence-electron chi connectivity index (χ4n) is 7.05. The molecule has 4 N–H and O–H groups in total. The topological polar surface area (TPSA) is 99.7 Å². The Morgan fingerprint density at radius 1 is 0.556 bits per heavy atom. The average molecular weight is 814 g/mol. The predicted molar refractivity (Wildman–Crippen MR) is 225 cm³/mol. The number of nitrogens with one attached hydrogen (secondary N) is 4. The lowest BCUT2D eigenvalue weighted by Gasteiger charge is -2.12. The van der Waals surface area contributed by atoms with Crippen LogP contribution in [-0.2, 0) is 38.8 Å². The quantitative estimate of drug-likeness (QED) is 0.0808. The maximum atomic E-state index is 13.2. The minimum absolute atomic E-state index is 0. The fraction of sp³-hybridized carbons (Fsp3) is 0.400. The molecule has 0 amide bonds. The van der Waals surface area contributed by atoms with E-state index in [0.717, 1.165) is 84.3 Å². The third kappa shape index (κ3) is 10.8. The smallest absolute Gasteiger partial charge is 0.138 e. The van der Waals surface area contributed by atoms with Gasteiger partial charge < -0.3 is 21.3 Å². The Labute approximate surface area is 336 Å². The zero-order chi connectivity index (χ0) is 35.5. The van der Waals surface area contributed by atoms with Crippen LogP contribution in [-0.4, -0.2) is 46.1 Å². The summed E-state index contributed by atoms with van der Waals surface area (Å²) in [5, 5.41) is 16.2. The van der Waals surface area contributed by atoms with E-state index in [9.17, 15) is 8.78 Å². The van der Waals surface area contributed by atoms with E-state index in [1.165, 1.54) is 82.3 Å². The minimum atomic E-state index is -0.183. The molecule has 0 aliphatic heterocycles. The lowest BCUT2D eigenvalue weighted by molar-refractivity contribution is 0.617. The van der Waals surface area contributed by atoms with E-state index in [2.05, 4.69) is 41.2 Å². The van der Waals surface area contributed by atoms with Crippen LogP contribution < -0.4 is 21.3 Å². The Kier molecular flexibility index (Phi) is 16.2. The molecule has 0 saturated heterocycles. The maximum Gasteiger partial charge on any atom is 0.138 e. The van der Waals surface area contributed by atoms with E-state index >= 15 is 0 Å². The second-order valence-electron chi connectivity index (χ2n) is 13.4. The summed E-state index contributed by atoms with van der Waals surface area (Å²) >= 11 is 3.65. The summed E-state index contributed by atoms with van der Waals surface area (Å²) < 4.78 is 26.3. The van der Waals surface area contributed by atoms with Crippen LogP contribution >= 0.6 is 47.5 Å². The van der Waals surface area contributed by atoms with Crippen LogP contribution in [0.2, 0.25) is 0 Å². The molecule has 2 aliphatic rings. The largest absolute Gasteiger partial charge is 0.369 e. The van der Waals surface area contributed by atoms with Crippen molar-refractivity contribution in [3.05, 3.63) is 105 Å². The molecule has 14 heteroatoms. The molecule has 0 saturated carbocycles. The van der Waals surface area contributed by atoms with Gasteiger partial charge in [0.1, 0.15) is 45.6 Å². The van der Waals surface area contributed by atoms with Gasteiger partial charge in [-0.05, 0) is 124 Å². The number of thiophene rings is 2. The summed E-state index contributed by atoms with van der Waals surface area (Å²) in [7, 11) is 0. The normalized spacial score (nSPS) is 13.2. The van der Waals surface area contributed by atoms with E-state index in [1.807, 2.05) is 34.8 Å². The molecule has 0 fully saturated rings. The van der Waals surface area contributed by atoms with Crippen molar-refractivity contribution < 1.29 is 8.78 Å². The number of nitrogens with zero attached hydrogens (tertiary/aromatic N) is 4. The standard InChI is InChI=1S/2C20H23FN4S.2ClH/c2*21-15-6-3-5-14(11-15)12-22-9-4-10-23-19-18-16-7-1-2-8-17(16)26-20(18)25-13-24-19;;/h2*3,5-6,11,13,22H,1-2,4,7-10,12H2,(H,23,24,25);2*1H. The van der Waals surface area contributed by atoms with Gasteiger partial charge in [0.05, 0.1) is 10.8 Å². The van der Waals surface area contributed by atoms with Crippen molar-refractivity contribution in [2.75, 3.05) is 36.8 Å². The Morgan fingerprint density at radius 2 is 1.00 bits per heavy atom. The molecule has 288 valence electrons. The van der Waals surface area contributed by atoms with Crippen LogP contribution in [0.4, 0.5) is 20.4 Å². The fourth-order valence-corrected chi connectivity index (χ4v) is 9.51. The highest BCUT2D eigenvalue weighted by Crippen LogP contribution is 2.39. The number of fused-ring (bicyclic) bond motifs is 6. The third-order valence-electron chi connectivity index (χ3n) is 9.58. The summed E-state index contributed by atoms with van der Waals surface area (Å²) in [5.41, 5.74) is 4.87. The molecule has 0 bridgehead atoms. The summed E-state index contributed by atoms with van der Waals surface area (Å²) in [4.78, 5) is 23.1. The zero-order valence-electron chi connectivity index (χ0n) is 30.3. The number of anilines is 2. The van der Waals surface area contributed by atoms with Gasteiger partial charge in [-0.15, -0.1) is 47.5 Å². The first kappa shape index (κ1) is 41.6. The van der Waals surface area contributed by atoms with Crippen molar-refractivity contribution in [1.82, 2.24) is 30.6 Å². The molecule has 54 heavy (non-hydrogen) atoms. The SMILES string of the molecule is Cl.Cl.Fc1cccc(CNCCCNc2ncnc3sc4c(c23)CCCC4)c1.Fc1cccc(CNCCCNc2ncnc3sc4c(c23)CCCC4)c1. The number of hydrogen-bond donors (Lipinski definition) is 4. The number of benzene rings is 2. The van der Waals surface area contributed by atoms with E-state index in [0.29, 0.717) is 13.1 Å². The highest BCUT2D eigenvalue weighted by Gasteiger charge is 2.21. The van der Waals surface area contributed by atoms with E-state index in [1.54, 1.807) is 36.9 Å². The van der Waals surface area contributed by atoms with Gasteiger partial charge in [-0.2, -0.15) is 0 Å². The maximum absolute atomic E-state index is 13.2. The van der Waals surface area contributed by atoms with Crippen LogP contribution in [0, 0.1) is 11.6 Å². The third-order valence-corrected chi connectivity index (χ3v) is 12.0. The Hall–Kier alpha value is -3.52. The van der Waals surface area contributed by atoms with Gasteiger partial charge in [0.15, 0.2) is 0 Å². The molecule has 0 radical (unpaired) electrons. The van der Waals surface area contributed by atoms with Gasteiger partial charge in [0.25, 0.3) is 0 Å². The molecule has 8 rings (SSSR count). The molecule has 6 aromatic rings. The van der Waals surface area contributed by atoms with Gasteiger partial charge in [-0.25, -0.2) is 28.7 Å². The van der Waals surface area contributed by atoms with Crippen molar-refractivity contribution in [2.45, 2.75) is 77.3 Å². The van der Waals surface area contributed by atoms with Crippen LogP contribution in [0.1, 0.15) is 70.5 Å². The van der Waals surface area contributed by atoms with Crippen molar-refractivity contribution in [2.24, 2.45) is 0 Å². The van der Waals surface area contributed by atoms with Gasteiger partial charge in [0, 0.05) is 35.9 Å². The molecule has 4 heterocycles. The van der Waals surface area contributed by atoms with Crippen LogP contribution in [0.15, 0.2) is 61.2 Å². The van der Waals surface area contributed by atoms with Gasteiger partial charge in [0.2, 0.25) is 0 Å². The summed E-state index contributed by atoms with van der Waals surface area (Å²) in [5.74, 6) is 1.58. The molecule has 0 spiro atoms. The second-order valence-corrected chi connectivity index (χ2v) is 15.6. The molecular formula is C40H48Cl2F2N8S2. The lowest BCUT2D eigenvalue weighted by Crippen LogP contribution is -2.18. The van der Waals surface area contributed by atoms with E-state index in [-0.39, 0.29) is 36.4 Å². The van der Waals surface area contributed by atoms with Crippen LogP contribution in [0.25, 0.3) is 20.4 Å². The van der Waals surface area contributed by atoms with Crippen molar-refractivity contribution >= 4 is 79.6 Å². The first-order valence-electron chi connectivity index (χ1n) is 18.5. The van der Waals surface area contributed by atoms with Crippen molar-refractivity contribution in [3.63, 3.8) is 0 Å². The first-order chi connectivity index (χ1) is 25.6. The minimum Gasteiger partial charge on any atom is -0.369 e. The molecule has 4 aromatic heterocycles. The zero-order valence-corrected chi connectivity index (χ0v) is 33.5. The van der Waals surface area contributed by atoms with Crippen LogP contribution in [0.5, 0.6) is 0 Å². The monoisotopic (exact) mass is 812 g/mol. The Bertz CT molecular complexity index is 1950. The summed E-state index contributed by atoms with van der Waals surface area (Å²) in [6.07, 6.45) is 15.0.